The first-order valence-corrected chi connectivity index (χ1v) is 13.1. The lowest BCUT2D eigenvalue weighted by atomic mass is 10.2. The van der Waals surface area contributed by atoms with Gasteiger partial charge in [-0.15, -0.1) is 22.7 Å². The van der Waals surface area contributed by atoms with E-state index in [4.69, 9.17) is 0 Å². The van der Waals surface area contributed by atoms with E-state index >= 15 is 0 Å². The Labute approximate surface area is 196 Å². The molecule has 0 saturated heterocycles. The molecule has 0 saturated carbocycles. The highest BCUT2D eigenvalue weighted by Gasteiger charge is 2.23. The maximum atomic E-state index is 13.3. The van der Waals surface area contributed by atoms with Crippen molar-refractivity contribution in [1.29, 1.82) is 0 Å². The first-order valence-electron chi connectivity index (χ1n) is 9.93. The highest BCUT2D eigenvalue weighted by molar-refractivity contribution is 7.92. The molecule has 4 rings (SSSR count). The molecule has 5 nitrogen and oxygen atoms in total. The second kappa shape index (κ2) is 9.68. The topological polar surface area (TPSA) is 57.7 Å². The number of thiophene rings is 2. The molecule has 0 unspecified atom stereocenters. The SMILES string of the molecule is CN(c1ccccc1)S(=O)(=O)c1ccc(C(=O)N(Cc2cccs2)Cc2cccs2)cc1. The summed E-state index contributed by atoms with van der Waals surface area (Å²) in [5.74, 6) is -0.132. The Morgan fingerprint density at radius 3 is 1.84 bits per heavy atom. The summed E-state index contributed by atoms with van der Waals surface area (Å²) >= 11 is 3.22. The Morgan fingerprint density at radius 1 is 0.781 bits per heavy atom. The third kappa shape index (κ3) is 4.93. The normalized spacial score (nSPS) is 11.3. The van der Waals surface area contributed by atoms with Gasteiger partial charge in [0.05, 0.1) is 23.7 Å². The number of carbonyl (C=O) groups is 1. The van der Waals surface area contributed by atoms with Crippen molar-refractivity contribution in [3.05, 3.63) is 105 Å². The number of hydrogen-bond acceptors (Lipinski definition) is 5. The summed E-state index contributed by atoms with van der Waals surface area (Å²) in [6, 6.07) is 23.0. The lowest BCUT2D eigenvalue weighted by molar-refractivity contribution is 0.0733. The summed E-state index contributed by atoms with van der Waals surface area (Å²) in [6.45, 7) is 1.01. The van der Waals surface area contributed by atoms with Gasteiger partial charge in [-0.3, -0.25) is 9.10 Å². The van der Waals surface area contributed by atoms with Crippen LogP contribution in [0.15, 0.2) is 94.5 Å². The van der Waals surface area contributed by atoms with Gasteiger partial charge in [-0.1, -0.05) is 30.3 Å². The fraction of sp³-hybridized carbons (Fsp3) is 0.125. The van der Waals surface area contributed by atoms with E-state index in [0.29, 0.717) is 24.3 Å². The second-order valence-electron chi connectivity index (χ2n) is 7.15. The molecule has 32 heavy (non-hydrogen) atoms. The summed E-state index contributed by atoms with van der Waals surface area (Å²) in [5.41, 5.74) is 1.03. The Bertz CT molecular complexity index is 1220. The smallest absolute Gasteiger partial charge is 0.264 e. The van der Waals surface area contributed by atoms with Gasteiger partial charge in [-0.05, 0) is 59.3 Å². The highest BCUT2D eigenvalue weighted by Crippen LogP contribution is 2.23. The molecule has 0 bridgehead atoms. The number of amides is 1. The van der Waals surface area contributed by atoms with Gasteiger partial charge in [0, 0.05) is 22.4 Å². The van der Waals surface area contributed by atoms with Gasteiger partial charge in [0.25, 0.3) is 15.9 Å². The number of sulfonamides is 1. The summed E-state index contributed by atoms with van der Waals surface area (Å²) < 4.78 is 27.2. The molecule has 0 radical (unpaired) electrons. The van der Waals surface area contributed by atoms with Crippen LogP contribution >= 0.6 is 22.7 Å². The van der Waals surface area contributed by atoms with E-state index in [1.54, 1.807) is 64.0 Å². The predicted molar refractivity (Wildman–Crippen MR) is 131 cm³/mol. The first-order chi connectivity index (χ1) is 15.4. The summed E-state index contributed by atoms with van der Waals surface area (Å²) in [5, 5.41) is 3.98. The van der Waals surface area contributed by atoms with Crippen molar-refractivity contribution < 1.29 is 13.2 Å². The van der Waals surface area contributed by atoms with Crippen LogP contribution in [0, 0.1) is 0 Å². The van der Waals surface area contributed by atoms with Gasteiger partial charge in [0.15, 0.2) is 0 Å². The molecule has 2 heterocycles. The molecule has 2 aromatic carbocycles. The Hall–Kier alpha value is -2.94. The lowest BCUT2D eigenvalue weighted by Crippen LogP contribution is -2.30. The molecule has 0 fully saturated rings. The average molecular weight is 483 g/mol. The van der Waals surface area contributed by atoms with E-state index in [-0.39, 0.29) is 10.8 Å². The van der Waals surface area contributed by atoms with Gasteiger partial charge in [0.1, 0.15) is 0 Å². The molecule has 8 heteroatoms. The Balaban J connectivity index is 1.56. The predicted octanol–water partition coefficient (Wildman–Crippen LogP) is 5.48. The number of para-hydroxylation sites is 1. The molecule has 0 spiro atoms. The second-order valence-corrected chi connectivity index (χ2v) is 11.2. The van der Waals surface area contributed by atoms with E-state index in [1.165, 1.54) is 23.5 Å². The van der Waals surface area contributed by atoms with Crippen molar-refractivity contribution >= 4 is 44.3 Å². The van der Waals surface area contributed by atoms with Crippen molar-refractivity contribution in [1.82, 2.24) is 4.90 Å². The molecule has 0 aliphatic rings. The van der Waals surface area contributed by atoms with Gasteiger partial charge >= 0.3 is 0 Å². The van der Waals surface area contributed by atoms with Gasteiger partial charge < -0.3 is 4.90 Å². The largest absolute Gasteiger partial charge is 0.328 e. The molecular weight excluding hydrogens is 460 g/mol. The fourth-order valence-corrected chi connectivity index (χ4v) is 5.90. The van der Waals surface area contributed by atoms with Crippen LogP contribution in [0.5, 0.6) is 0 Å². The van der Waals surface area contributed by atoms with Crippen LogP contribution in [0.1, 0.15) is 20.1 Å². The molecule has 0 aliphatic carbocycles. The maximum Gasteiger partial charge on any atom is 0.264 e. The molecule has 164 valence electrons. The number of rotatable bonds is 8. The standard InChI is InChI=1S/C24H22N2O3S3/c1-25(20-7-3-2-4-8-20)32(28,29)23-13-11-19(12-14-23)24(27)26(17-21-9-5-15-30-21)18-22-10-6-16-31-22/h2-16H,17-18H2,1H3. The zero-order valence-corrected chi connectivity index (χ0v) is 19.9. The third-order valence-corrected chi connectivity index (χ3v) is 8.54. The molecule has 2 aromatic heterocycles. The van der Waals surface area contributed by atoms with Crippen LogP contribution in [0.2, 0.25) is 0 Å². The van der Waals surface area contributed by atoms with Crippen molar-refractivity contribution in [3.63, 3.8) is 0 Å². The van der Waals surface area contributed by atoms with Crippen LogP contribution in [0.25, 0.3) is 0 Å². The highest BCUT2D eigenvalue weighted by atomic mass is 32.2. The molecule has 0 aliphatic heterocycles. The summed E-state index contributed by atoms with van der Waals surface area (Å²) in [6.07, 6.45) is 0. The minimum absolute atomic E-state index is 0.132. The van der Waals surface area contributed by atoms with E-state index in [1.807, 2.05) is 41.1 Å². The zero-order chi connectivity index (χ0) is 22.6. The van der Waals surface area contributed by atoms with Crippen LogP contribution in [0.3, 0.4) is 0 Å². The van der Waals surface area contributed by atoms with E-state index < -0.39 is 10.0 Å². The van der Waals surface area contributed by atoms with Crippen molar-refractivity contribution in [2.75, 3.05) is 11.4 Å². The number of hydrogen-bond donors (Lipinski definition) is 0. The van der Waals surface area contributed by atoms with Gasteiger partial charge in [-0.2, -0.15) is 0 Å². The maximum absolute atomic E-state index is 13.3. The summed E-state index contributed by atoms with van der Waals surface area (Å²) in [7, 11) is -2.20. The number of anilines is 1. The van der Waals surface area contributed by atoms with E-state index in [9.17, 15) is 13.2 Å². The van der Waals surface area contributed by atoms with Crippen LogP contribution in [-0.2, 0) is 23.1 Å². The fourth-order valence-electron chi connectivity index (χ4n) is 3.27. The Kier molecular flexibility index (Phi) is 6.74. The number of carbonyl (C=O) groups excluding carboxylic acids is 1. The molecule has 1 amide bonds. The molecule has 0 N–H and O–H groups in total. The summed E-state index contributed by atoms with van der Waals surface area (Å²) in [4.78, 5) is 17.4. The Morgan fingerprint density at radius 2 is 1.34 bits per heavy atom. The quantitative estimate of drug-likeness (QED) is 0.334. The van der Waals surface area contributed by atoms with Crippen molar-refractivity contribution in [2.24, 2.45) is 0 Å². The zero-order valence-electron chi connectivity index (χ0n) is 17.4. The minimum atomic E-state index is -3.73. The average Bonchev–Trinajstić information content (AvgIpc) is 3.53. The van der Waals surface area contributed by atoms with Gasteiger partial charge in [0.2, 0.25) is 0 Å². The van der Waals surface area contributed by atoms with E-state index in [2.05, 4.69) is 0 Å². The number of benzene rings is 2. The van der Waals surface area contributed by atoms with Crippen LogP contribution in [0.4, 0.5) is 5.69 Å². The van der Waals surface area contributed by atoms with Crippen LogP contribution in [-0.4, -0.2) is 26.3 Å². The number of nitrogens with zero attached hydrogens (tertiary/aromatic N) is 2. The van der Waals surface area contributed by atoms with Gasteiger partial charge in [-0.25, -0.2) is 8.42 Å². The van der Waals surface area contributed by atoms with E-state index in [0.717, 1.165) is 9.75 Å². The third-order valence-electron chi connectivity index (χ3n) is 5.02. The minimum Gasteiger partial charge on any atom is -0.328 e. The monoisotopic (exact) mass is 482 g/mol. The molecule has 4 aromatic rings. The molecule has 0 atom stereocenters. The first kappa shape index (κ1) is 22.3. The van der Waals surface area contributed by atoms with Crippen molar-refractivity contribution in [3.8, 4) is 0 Å². The lowest BCUT2D eigenvalue weighted by Gasteiger charge is -2.22. The van der Waals surface area contributed by atoms with Crippen LogP contribution < -0.4 is 4.31 Å². The van der Waals surface area contributed by atoms with Crippen molar-refractivity contribution in [2.45, 2.75) is 18.0 Å². The molecular formula is C24H22N2O3S3.